The van der Waals surface area contributed by atoms with Crippen LogP contribution in [0.1, 0.15) is 12.8 Å². The Kier molecular flexibility index (Phi) is 3.30. The fourth-order valence-corrected chi connectivity index (χ4v) is 3.14. The van der Waals surface area contributed by atoms with E-state index in [2.05, 4.69) is 11.9 Å². The van der Waals surface area contributed by atoms with Crippen LogP contribution in [0.3, 0.4) is 0 Å². The Bertz CT molecular complexity index is 218. The summed E-state index contributed by atoms with van der Waals surface area (Å²) in [5.74, 6) is 0.865. The van der Waals surface area contributed by atoms with Gasteiger partial charge in [-0.15, -0.1) is 0 Å². The summed E-state index contributed by atoms with van der Waals surface area (Å²) in [6.45, 7) is 2.72. The Morgan fingerprint density at radius 3 is 2.47 bits per heavy atom. The van der Waals surface area contributed by atoms with E-state index < -0.39 is 0 Å². The van der Waals surface area contributed by atoms with Gasteiger partial charge >= 0.3 is 0 Å². The molecule has 4 nitrogen and oxygen atoms in total. The molecular weight excluding hydrogens is 194 g/mol. The molecule has 0 aromatic heterocycles. The van der Waals surface area contributed by atoms with Crippen LogP contribution in [0.4, 0.5) is 0 Å². The lowest BCUT2D eigenvalue weighted by atomic mass is 9.75. The summed E-state index contributed by atoms with van der Waals surface area (Å²) < 4.78 is 5.14. The second-order valence-electron chi connectivity index (χ2n) is 5.03. The van der Waals surface area contributed by atoms with Gasteiger partial charge in [-0.2, -0.15) is 0 Å². The summed E-state index contributed by atoms with van der Waals surface area (Å²) in [7, 11) is 2.09. The summed E-state index contributed by atoms with van der Waals surface area (Å²) >= 11 is 0. The summed E-state index contributed by atoms with van der Waals surface area (Å²) in [6, 6.07) is 0. The lowest BCUT2D eigenvalue weighted by Gasteiger charge is -2.42. The van der Waals surface area contributed by atoms with Gasteiger partial charge in [0.25, 0.3) is 0 Å². The number of hydrogen-bond acceptors (Lipinski definition) is 4. The molecule has 1 spiro atoms. The van der Waals surface area contributed by atoms with Gasteiger partial charge in [0.2, 0.25) is 0 Å². The molecule has 1 saturated carbocycles. The van der Waals surface area contributed by atoms with Crippen molar-refractivity contribution in [2.45, 2.75) is 12.8 Å². The second-order valence-corrected chi connectivity index (χ2v) is 5.03. The van der Waals surface area contributed by atoms with Gasteiger partial charge in [-0.05, 0) is 25.3 Å². The third kappa shape index (κ3) is 2.04. The lowest BCUT2D eigenvalue weighted by Crippen LogP contribution is -2.48. The first-order chi connectivity index (χ1) is 7.23. The Morgan fingerprint density at radius 1 is 1.27 bits per heavy atom. The summed E-state index contributed by atoms with van der Waals surface area (Å²) in [5, 5.41) is 18.1. The number of aliphatic hydroxyl groups is 2. The SMILES string of the molecule is CN1CC(CO)C2(CC2)[C@@H](COCO)C1. The summed E-state index contributed by atoms with van der Waals surface area (Å²) in [6.07, 6.45) is 2.43. The van der Waals surface area contributed by atoms with Gasteiger partial charge in [-0.25, -0.2) is 0 Å². The van der Waals surface area contributed by atoms with Gasteiger partial charge in [0, 0.05) is 31.5 Å². The first-order valence-corrected chi connectivity index (χ1v) is 5.71. The zero-order valence-corrected chi connectivity index (χ0v) is 9.35. The molecule has 2 fully saturated rings. The van der Waals surface area contributed by atoms with Gasteiger partial charge in [0.05, 0.1) is 6.61 Å². The van der Waals surface area contributed by atoms with Crippen LogP contribution in [0.2, 0.25) is 0 Å². The van der Waals surface area contributed by atoms with E-state index in [0.29, 0.717) is 23.9 Å². The van der Waals surface area contributed by atoms with E-state index in [0.717, 1.165) is 13.1 Å². The quantitative estimate of drug-likeness (QED) is 0.643. The standard InChI is InChI=1S/C11H21NO3/c1-12-4-9(6-13)11(2-3-11)10(5-12)7-15-8-14/h9-10,13-14H,2-8H2,1H3/t9?,10-/m1/s1. The summed E-state index contributed by atoms with van der Waals surface area (Å²) in [4.78, 5) is 2.26. The van der Waals surface area contributed by atoms with Gasteiger partial charge < -0.3 is 19.8 Å². The maximum Gasteiger partial charge on any atom is 0.143 e. The van der Waals surface area contributed by atoms with Crippen LogP contribution in [0.15, 0.2) is 0 Å². The molecule has 1 unspecified atom stereocenters. The van der Waals surface area contributed by atoms with Crippen LogP contribution in [-0.2, 0) is 4.74 Å². The van der Waals surface area contributed by atoms with Crippen molar-refractivity contribution in [2.24, 2.45) is 17.3 Å². The first-order valence-electron chi connectivity index (χ1n) is 5.71. The molecule has 1 aliphatic heterocycles. The Labute approximate surface area is 90.8 Å². The molecule has 1 heterocycles. The average Bonchev–Trinajstić information content (AvgIpc) is 3.00. The van der Waals surface area contributed by atoms with Crippen molar-refractivity contribution < 1.29 is 14.9 Å². The van der Waals surface area contributed by atoms with E-state index in [1.807, 2.05) is 0 Å². The van der Waals surface area contributed by atoms with E-state index in [1.54, 1.807) is 0 Å². The number of ether oxygens (including phenoxy) is 1. The van der Waals surface area contributed by atoms with Crippen LogP contribution in [0.25, 0.3) is 0 Å². The minimum absolute atomic E-state index is 0.194. The van der Waals surface area contributed by atoms with Crippen LogP contribution in [0, 0.1) is 17.3 Å². The molecule has 0 aromatic rings. The van der Waals surface area contributed by atoms with Gasteiger partial charge in [0.1, 0.15) is 6.79 Å². The molecule has 88 valence electrons. The number of rotatable bonds is 4. The Morgan fingerprint density at radius 2 is 1.93 bits per heavy atom. The lowest BCUT2D eigenvalue weighted by molar-refractivity contribution is -0.0633. The number of likely N-dealkylation sites (tertiary alicyclic amines) is 1. The van der Waals surface area contributed by atoms with Crippen LogP contribution < -0.4 is 0 Å². The highest BCUT2D eigenvalue weighted by molar-refractivity contribution is 5.06. The Balaban J connectivity index is 2.01. The first kappa shape index (κ1) is 11.3. The van der Waals surface area contributed by atoms with Crippen molar-refractivity contribution in [3.63, 3.8) is 0 Å². The van der Waals surface area contributed by atoms with E-state index in [9.17, 15) is 5.11 Å². The molecule has 0 radical (unpaired) electrons. The van der Waals surface area contributed by atoms with Crippen molar-refractivity contribution >= 4 is 0 Å². The molecule has 0 bridgehead atoms. The normalized spacial score (nSPS) is 34.6. The molecule has 4 heteroatoms. The zero-order valence-electron chi connectivity index (χ0n) is 9.35. The zero-order chi connectivity index (χ0) is 10.9. The predicted molar refractivity (Wildman–Crippen MR) is 56.3 cm³/mol. The van der Waals surface area contributed by atoms with Crippen molar-refractivity contribution in [3.05, 3.63) is 0 Å². The predicted octanol–water partition coefficient (Wildman–Crippen LogP) is -0.0969. The van der Waals surface area contributed by atoms with E-state index in [1.165, 1.54) is 12.8 Å². The molecule has 2 atom stereocenters. The number of piperidine rings is 1. The maximum atomic E-state index is 9.41. The largest absolute Gasteiger partial charge is 0.396 e. The molecular formula is C11H21NO3. The van der Waals surface area contributed by atoms with Crippen molar-refractivity contribution in [1.82, 2.24) is 4.90 Å². The van der Waals surface area contributed by atoms with Gasteiger partial charge in [-0.3, -0.25) is 0 Å². The average molecular weight is 215 g/mol. The van der Waals surface area contributed by atoms with E-state index in [4.69, 9.17) is 9.84 Å². The number of aliphatic hydroxyl groups excluding tert-OH is 2. The third-order valence-electron chi connectivity index (χ3n) is 4.15. The molecule has 1 aliphatic carbocycles. The fraction of sp³-hybridized carbons (Fsp3) is 1.00. The molecule has 2 aliphatic rings. The van der Waals surface area contributed by atoms with Crippen molar-refractivity contribution in [1.29, 1.82) is 0 Å². The number of nitrogens with zero attached hydrogens (tertiary/aromatic N) is 1. The molecule has 2 rings (SSSR count). The second kappa shape index (κ2) is 4.37. The molecule has 0 amide bonds. The minimum Gasteiger partial charge on any atom is -0.396 e. The van der Waals surface area contributed by atoms with Crippen molar-refractivity contribution in [2.75, 3.05) is 40.1 Å². The van der Waals surface area contributed by atoms with E-state index >= 15 is 0 Å². The fourth-order valence-electron chi connectivity index (χ4n) is 3.14. The summed E-state index contributed by atoms with van der Waals surface area (Å²) in [5.41, 5.74) is 0.316. The minimum atomic E-state index is -0.194. The third-order valence-corrected chi connectivity index (χ3v) is 4.15. The van der Waals surface area contributed by atoms with Crippen LogP contribution >= 0.6 is 0 Å². The monoisotopic (exact) mass is 215 g/mol. The molecule has 15 heavy (non-hydrogen) atoms. The molecule has 2 N–H and O–H groups in total. The number of hydrogen-bond donors (Lipinski definition) is 2. The highest BCUT2D eigenvalue weighted by Gasteiger charge is 2.56. The van der Waals surface area contributed by atoms with Gasteiger partial charge in [-0.1, -0.05) is 0 Å². The maximum absolute atomic E-state index is 9.41. The van der Waals surface area contributed by atoms with Crippen LogP contribution in [0.5, 0.6) is 0 Å². The van der Waals surface area contributed by atoms with Crippen molar-refractivity contribution in [3.8, 4) is 0 Å². The topological polar surface area (TPSA) is 52.9 Å². The molecule has 1 saturated heterocycles. The molecule has 0 aromatic carbocycles. The van der Waals surface area contributed by atoms with E-state index in [-0.39, 0.29) is 13.4 Å². The van der Waals surface area contributed by atoms with Crippen LogP contribution in [-0.4, -0.2) is 55.3 Å². The Hall–Kier alpha value is -0.160. The van der Waals surface area contributed by atoms with Gasteiger partial charge in [0.15, 0.2) is 0 Å². The highest BCUT2D eigenvalue weighted by atomic mass is 16.6. The highest BCUT2D eigenvalue weighted by Crippen LogP contribution is 2.59. The smallest absolute Gasteiger partial charge is 0.143 e.